The third-order valence-electron chi connectivity index (χ3n) is 3.35. The number of hydrogen-bond acceptors (Lipinski definition) is 8. The summed E-state index contributed by atoms with van der Waals surface area (Å²) in [6, 6.07) is 1.91. The highest BCUT2D eigenvalue weighted by Gasteiger charge is 2.14. The SMILES string of the molecule is Cc1noc(C)c1COC(=O)CCc1nc(-c2ccsc2)no1. The second-order valence-electron chi connectivity index (χ2n) is 4.99. The summed E-state index contributed by atoms with van der Waals surface area (Å²) in [6.07, 6.45) is 0.520. The van der Waals surface area contributed by atoms with Gasteiger partial charge in [-0.3, -0.25) is 4.79 Å². The molecule has 0 fully saturated rings. The zero-order valence-corrected chi connectivity index (χ0v) is 13.6. The van der Waals surface area contributed by atoms with Gasteiger partial charge in [-0.25, -0.2) is 0 Å². The van der Waals surface area contributed by atoms with Crippen molar-refractivity contribution in [1.29, 1.82) is 0 Å². The highest BCUT2D eigenvalue weighted by molar-refractivity contribution is 7.08. The molecule has 3 heterocycles. The first-order valence-corrected chi connectivity index (χ1v) is 8.00. The van der Waals surface area contributed by atoms with Crippen LogP contribution in [0.3, 0.4) is 0 Å². The molecule has 0 aliphatic carbocycles. The Hall–Kier alpha value is -2.48. The first kappa shape index (κ1) is 15.4. The average molecular weight is 333 g/mol. The van der Waals surface area contributed by atoms with Crippen LogP contribution in [-0.2, 0) is 22.6 Å². The molecule has 0 radical (unpaired) electrons. The van der Waals surface area contributed by atoms with E-state index in [1.807, 2.05) is 23.8 Å². The van der Waals surface area contributed by atoms with E-state index in [0.717, 1.165) is 16.8 Å². The number of rotatable bonds is 6. The smallest absolute Gasteiger partial charge is 0.306 e. The maximum absolute atomic E-state index is 11.8. The van der Waals surface area contributed by atoms with E-state index in [0.29, 0.717) is 23.9 Å². The van der Waals surface area contributed by atoms with Gasteiger partial charge >= 0.3 is 5.97 Å². The summed E-state index contributed by atoms with van der Waals surface area (Å²) >= 11 is 1.56. The Morgan fingerprint density at radius 1 is 1.30 bits per heavy atom. The molecule has 0 amide bonds. The zero-order valence-electron chi connectivity index (χ0n) is 12.7. The Morgan fingerprint density at radius 3 is 2.87 bits per heavy atom. The summed E-state index contributed by atoms with van der Waals surface area (Å²) < 4.78 is 15.4. The molecule has 8 heteroatoms. The molecule has 23 heavy (non-hydrogen) atoms. The van der Waals surface area contributed by atoms with Crippen molar-refractivity contribution in [2.75, 3.05) is 0 Å². The molecule has 120 valence electrons. The highest BCUT2D eigenvalue weighted by Crippen LogP contribution is 2.19. The van der Waals surface area contributed by atoms with Crippen molar-refractivity contribution in [3.63, 3.8) is 0 Å². The van der Waals surface area contributed by atoms with Crippen LogP contribution in [-0.4, -0.2) is 21.3 Å². The van der Waals surface area contributed by atoms with E-state index < -0.39 is 0 Å². The lowest BCUT2D eigenvalue weighted by Crippen LogP contribution is -2.07. The van der Waals surface area contributed by atoms with Gasteiger partial charge in [-0.2, -0.15) is 16.3 Å². The van der Waals surface area contributed by atoms with Crippen LogP contribution in [0.5, 0.6) is 0 Å². The third-order valence-corrected chi connectivity index (χ3v) is 4.03. The van der Waals surface area contributed by atoms with Gasteiger partial charge < -0.3 is 13.8 Å². The topological polar surface area (TPSA) is 91.2 Å². The fourth-order valence-corrected chi connectivity index (χ4v) is 2.64. The van der Waals surface area contributed by atoms with Crippen LogP contribution in [0.4, 0.5) is 0 Å². The Morgan fingerprint density at radius 2 is 2.17 bits per heavy atom. The molecule has 0 aliphatic rings. The molecular formula is C15H15N3O4S. The van der Waals surface area contributed by atoms with Crippen molar-refractivity contribution in [2.24, 2.45) is 0 Å². The van der Waals surface area contributed by atoms with Gasteiger partial charge in [-0.05, 0) is 25.3 Å². The molecule has 0 aromatic carbocycles. The Bertz CT molecular complexity index is 772. The van der Waals surface area contributed by atoms with Crippen molar-refractivity contribution in [3.05, 3.63) is 39.7 Å². The standard InChI is InChI=1S/C15H15N3O4S/c1-9-12(10(2)21-17-9)7-20-14(19)4-3-13-16-15(18-22-13)11-5-6-23-8-11/h5-6,8H,3-4,7H2,1-2H3. The first-order valence-electron chi connectivity index (χ1n) is 7.06. The molecule has 0 N–H and O–H groups in total. The van der Waals surface area contributed by atoms with Crippen LogP contribution in [0.2, 0.25) is 0 Å². The molecule has 0 atom stereocenters. The molecule has 0 saturated carbocycles. The van der Waals surface area contributed by atoms with Gasteiger partial charge in [-0.15, -0.1) is 0 Å². The van der Waals surface area contributed by atoms with Crippen molar-refractivity contribution in [3.8, 4) is 11.4 Å². The molecule has 3 aromatic rings. The zero-order chi connectivity index (χ0) is 16.2. The van der Waals surface area contributed by atoms with Crippen LogP contribution < -0.4 is 0 Å². The molecule has 0 unspecified atom stereocenters. The maximum Gasteiger partial charge on any atom is 0.306 e. The Labute approximate surface area is 136 Å². The average Bonchev–Trinajstić information content (AvgIpc) is 3.25. The van der Waals surface area contributed by atoms with Gasteiger partial charge in [-0.1, -0.05) is 10.3 Å². The minimum atomic E-state index is -0.333. The molecule has 3 rings (SSSR count). The van der Waals surface area contributed by atoms with Gasteiger partial charge in [0.25, 0.3) is 0 Å². The number of carbonyl (C=O) groups is 1. The van der Waals surface area contributed by atoms with Crippen LogP contribution in [0.15, 0.2) is 25.9 Å². The second kappa shape index (κ2) is 6.74. The van der Waals surface area contributed by atoms with E-state index in [1.54, 1.807) is 18.3 Å². The minimum absolute atomic E-state index is 0.157. The summed E-state index contributed by atoms with van der Waals surface area (Å²) in [4.78, 5) is 16.1. The van der Waals surface area contributed by atoms with E-state index in [-0.39, 0.29) is 19.0 Å². The van der Waals surface area contributed by atoms with E-state index in [9.17, 15) is 4.79 Å². The maximum atomic E-state index is 11.8. The fraction of sp³-hybridized carbons (Fsp3) is 0.333. The lowest BCUT2D eigenvalue weighted by molar-refractivity contribution is -0.145. The number of nitrogens with zero attached hydrogens (tertiary/aromatic N) is 3. The van der Waals surface area contributed by atoms with Crippen molar-refractivity contribution in [1.82, 2.24) is 15.3 Å². The lowest BCUT2D eigenvalue weighted by Gasteiger charge is -2.03. The Kier molecular flexibility index (Phi) is 4.52. The van der Waals surface area contributed by atoms with Crippen LogP contribution in [0, 0.1) is 13.8 Å². The molecule has 3 aromatic heterocycles. The minimum Gasteiger partial charge on any atom is -0.461 e. The number of carbonyl (C=O) groups excluding carboxylic acids is 1. The predicted molar refractivity (Wildman–Crippen MR) is 81.7 cm³/mol. The normalized spacial score (nSPS) is 10.9. The van der Waals surface area contributed by atoms with E-state index in [2.05, 4.69) is 15.3 Å². The molecule has 7 nitrogen and oxygen atoms in total. The molecule has 0 aliphatic heterocycles. The van der Waals surface area contributed by atoms with Crippen LogP contribution >= 0.6 is 11.3 Å². The lowest BCUT2D eigenvalue weighted by atomic mass is 10.2. The summed E-state index contributed by atoms with van der Waals surface area (Å²) in [7, 11) is 0. The molecular weight excluding hydrogens is 318 g/mol. The number of thiophene rings is 1. The quantitative estimate of drug-likeness (QED) is 0.640. The second-order valence-corrected chi connectivity index (χ2v) is 5.77. The van der Waals surface area contributed by atoms with Gasteiger partial charge in [0, 0.05) is 17.4 Å². The molecule has 0 bridgehead atoms. The monoisotopic (exact) mass is 333 g/mol. The van der Waals surface area contributed by atoms with Gasteiger partial charge in [0.2, 0.25) is 11.7 Å². The summed E-state index contributed by atoms with van der Waals surface area (Å²) in [5.74, 6) is 1.28. The summed E-state index contributed by atoms with van der Waals surface area (Å²) in [5.41, 5.74) is 2.44. The van der Waals surface area contributed by atoms with Crippen LogP contribution in [0.1, 0.15) is 29.3 Å². The third kappa shape index (κ3) is 3.65. The molecule has 0 saturated heterocycles. The number of aromatic nitrogens is 3. The van der Waals surface area contributed by atoms with E-state index in [4.69, 9.17) is 13.8 Å². The predicted octanol–water partition coefficient (Wildman–Crippen LogP) is 3.08. The van der Waals surface area contributed by atoms with Gasteiger partial charge in [0.15, 0.2) is 0 Å². The van der Waals surface area contributed by atoms with Crippen molar-refractivity contribution >= 4 is 17.3 Å². The largest absolute Gasteiger partial charge is 0.461 e. The summed E-state index contributed by atoms with van der Waals surface area (Å²) in [5, 5.41) is 11.6. The summed E-state index contributed by atoms with van der Waals surface area (Å²) in [6.45, 7) is 3.75. The number of aryl methyl sites for hydroxylation is 3. The first-order chi connectivity index (χ1) is 11.1. The van der Waals surface area contributed by atoms with Crippen LogP contribution in [0.25, 0.3) is 11.4 Å². The highest BCUT2D eigenvalue weighted by atomic mass is 32.1. The van der Waals surface area contributed by atoms with E-state index in [1.165, 1.54) is 0 Å². The van der Waals surface area contributed by atoms with Crippen molar-refractivity contribution < 1.29 is 18.6 Å². The Balaban J connectivity index is 1.49. The van der Waals surface area contributed by atoms with E-state index >= 15 is 0 Å². The van der Waals surface area contributed by atoms with Gasteiger partial charge in [0.1, 0.15) is 12.4 Å². The number of esters is 1. The van der Waals surface area contributed by atoms with Gasteiger partial charge in [0.05, 0.1) is 17.7 Å². The molecule has 0 spiro atoms. The number of hydrogen-bond donors (Lipinski definition) is 0. The number of ether oxygens (including phenoxy) is 1. The van der Waals surface area contributed by atoms with Crippen molar-refractivity contribution in [2.45, 2.75) is 33.3 Å². The fourth-order valence-electron chi connectivity index (χ4n) is 2.01.